The summed E-state index contributed by atoms with van der Waals surface area (Å²) in [6, 6.07) is 7.17. The van der Waals surface area contributed by atoms with Gasteiger partial charge in [0.15, 0.2) is 0 Å². The van der Waals surface area contributed by atoms with E-state index in [-0.39, 0.29) is 28.3 Å². The van der Waals surface area contributed by atoms with Gasteiger partial charge >= 0.3 is 6.18 Å². The van der Waals surface area contributed by atoms with Gasteiger partial charge in [-0.15, -0.1) is 0 Å². The Bertz CT molecular complexity index is 994. The van der Waals surface area contributed by atoms with E-state index in [4.69, 9.17) is 4.74 Å². The van der Waals surface area contributed by atoms with Gasteiger partial charge < -0.3 is 20.4 Å². The molecule has 0 atom stereocenters. The number of alkyl halides is 3. The van der Waals surface area contributed by atoms with Crippen molar-refractivity contribution in [1.29, 1.82) is 0 Å². The molecular formula is C18H18F3N5O. The van der Waals surface area contributed by atoms with Gasteiger partial charge in [0, 0.05) is 11.7 Å². The zero-order chi connectivity index (χ0) is 19.2. The van der Waals surface area contributed by atoms with Crippen LogP contribution in [0, 0.1) is 0 Å². The molecule has 142 valence electrons. The Kier molecular flexibility index (Phi) is 3.90. The molecule has 2 heterocycles. The Labute approximate surface area is 153 Å². The molecule has 0 radical (unpaired) electrons. The smallest absolute Gasteiger partial charge is 0.418 e. The van der Waals surface area contributed by atoms with Crippen LogP contribution in [-0.2, 0) is 6.18 Å². The molecule has 1 aliphatic carbocycles. The Hall–Kier alpha value is -2.97. The summed E-state index contributed by atoms with van der Waals surface area (Å²) in [5.41, 5.74) is -0.302. The summed E-state index contributed by atoms with van der Waals surface area (Å²) in [6.45, 7) is 1.95. The maximum atomic E-state index is 13.4. The van der Waals surface area contributed by atoms with Gasteiger partial charge in [0.05, 0.1) is 23.7 Å². The van der Waals surface area contributed by atoms with Gasteiger partial charge in [0.25, 0.3) is 0 Å². The molecule has 0 bridgehead atoms. The molecule has 0 saturated heterocycles. The molecule has 3 aromatic rings. The highest BCUT2D eigenvalue weighted by molar-refractivity contribution is 5.92. The fourth-order valence-corrected chi connectivity index (χ4v) is 2.87. The summed E-state index contributed by atoms with van der Waals surface area (Å²) in [4.78, 5) is 11.2. The van der Waals surface area contributed by atoms with E-state index < -0.39 is 11.7 Å². The van der Waals surface area contributed by atoms with Crippen LogP contribution < -0.4 is 15.4 Å². The Balaban J connectivity index is 1.81. The van der Waals surface area contributed by atoms with Crippen LogP contribution in [0.3, 0.4) is 0 Å². The summed E-state index contributed by atoms with van der Waals surface area (Å²) >= 11 is 0. The lowest BCUT2D eigenvalue weighted by molar-refractivity contribution is -0.136. The molecule has 0 spiro atoms. The predicted octanol–water partition coefficient (Wildman–Crippen LogP) is 4.69. The van der Waals surface area contributed by atoms with Crippen molar-refractivity contribution in [3.8, 4) is 5.75 Å². The van der Waals surface area contributed by atoms with Crippen molar-refractivity contribution in [3.05, 3.63) is 36.0 Å². The molecule has 27 heavy (non-hydrogen) atoms. The number of fused-ring (bicyclic) bond motifs is 1. The minimum Gasteiger partial charge on any atom is -0.495 e. The molecule has 1 aromatic carbocycles. The molecule has 9 heteroatoms. The second-order valence-electron chi connectivity index (χ2n) is 6.83. The van der Waals surface area contributed by atoms with Crippen molar-refractivity contribution in [2.45, 2.75) is 31.5 Å². The molecule has 1 aliphatic rings. The number of nitrogens with one attached hydrogen (secondary N) is 3. The van der Waals surface area contributed by atoms with Crippen LogP contribution in [0.5, 0.6) is 5.75 Å². The van der Waals surface area contributed by atoms with Gasteiger partial charge in [-0.25, -0.2) is 0 Å². The molecule has 2 aromatic heterocycles. The maximum Gasteiger partial charge on any atom is 0.418 e. The second kappa shape index (κ2) is 6.04. The number of anilines is 3. The zero-order valence-corrected chi connectivity index (χ0v) is 14.7. The van der Waals surface area contributed by atoms with Crippen LogP contribution in [0.4, 0.5) is 30.6 Å². The third-order valence-corrected chi connectivity index (χ3v) is 4.61. The average Bonchev–Trinajstić information content (AvgIpc) is 3.16. The van der Waals surface area contributed by atoms with Crippen molar-refractivity contribution in [1.82, 2.24) is 15.0 Å². The Morgan fingerprint density at radius 1 is 1.19 bits per heavy atom. The SMILES string of the molecule is COc1ccccc1Nc1nc(NC2(C)CC2)c2c(C(F)(F)F)c[nH]c2n1. The fourth-order valence-electron chi connectivity index (χ4n) is 2.87. The van der Waals surface area contributed by atoms with Crippen LogP contribution in [0.1, 0.15) is 25.3 Å². The summed E-state index contributed by atoms with van der Waals surface area (Å²) < 4.78 is 45.5. The van der Waals surface area contributed by atoms with Crippen LogP contribution in [0.2, 0.25) is 0 Å². The Morgan fingerprint density at radius 3 is 2.59 bits per heavy atom. The second-order valence-corrected chi connectivity index (χ2v) is 6.83. The highest BCUT2D eigenvalue weighted by atomic mass is 19.4. The van der Waals surface area contributed by atoms with Gasteiger partial charge in [-0.1, -0.05) is 12.1 Å². The number of ether oxygens (including phenoxy) is 1. The maximum absolute atomic E-state index is 13.4. The van der Waals surface area contributed by atoms with Gasteiger partial charge in [-0.2, -0.15) is 23.1 Å². The molecule has 4 rings (SSSR count). The molecule has 1 saturated carbocycles. The van der Waals surface area contributed by atoms with Crippen LogP contribution in [0.15, 0.2) is 30.5 Å². The zero-order valence-electron chi connectivity index (χ0n) is 14.7. The standard InChI is InChI=1S/C18H18F3N5O/c1-17(7-8-17)26-15-13-10(18(19,20)21)9-22-14(13)24-16(25-15)23-11-5-3-4-6-12(11)27-2/h3-6,9H,7-8H2,1-2H3,(H3,22,23,24,25,26). The van der Waals surface area contributed by atoms with Gasteiger partial charge in [-0.05, 0) is 31.9 Å². The first-order chi connectivity index (χ1) is 12.8. The van der Waals surface area contributed by atoms with Crippen molar-refractivity contribution in [2.75, 3.05) is 17.7 Å². The highest BCUT2D eigenvalue weighted by Crippen LogP contribution is 2.42. The molecule has 0 unspecified atom stereocenters. The lowest BCUT2D eigenvalue weighted by Crippen LogP contribution is -2.18. The van der Waals surface area contributed by atoms with Crippen LogP contribution in [-0.4, -0.2) is 27.6 Å². The first-order valence-electron chi connectivity index (χ1n) is 8.44. The number of benzene rings is 1. The van der Waals surface area contributed by atoms with E-state index in [1.165, 1.54) is 7.11 Å². The van der Waals surface area contributed by atoms with Crippen molar-refractivity contribution in [2.24, 2.45) is 0 Å². The summed E-state index contributed by atoms with van der Waals surface area (Å²) in [5, 5.41) is 6.11. The number of aromatic amines is 1. The molecule has 0 aliphatic heterocycles. The lowest BCUT2D eigenvalue weighted by Gasteiger charge is -2.16. The average molecular weight is 377 g/mol. The molecule has 1 fully saturated rings. The van der Waals surface area contributed by atoms with E-state index >= 15 is 0 Å². The van der Waals surface area contributed by atoms with Gasteiger partial charge in [0.2, 0.25) is 5.95 Å². The van der Waals surface area contributed by atoms with Crippen molar-refractivity contribution < 1.29 is 17.9 Å². The largest absolute Gasteiger partial charge is 0.495 e. The van der Waals surface area contributed by atoms with E-state index in [2.05, 4.69) is 25.6 Å². The van der Waals surface area contributed by atoms with E-state index in [9.17, 15) is 13.2 Å². The number of aromatic nitrogens is 3. The number of rotatable bonds is 5. The first-order valence-corrected chi connectivity index (χ1v) is 8.44. The van der Waals surface area contributed by atoms with Gasteiger partial charge in [-0.3, -0.25) is 0 Å². The summed E-state index contributed by atoms with van der Waals surface area (Å²) in [5.74, 6) is 0.910. The fraction of sp³-hybridized carbons (Fsp3) is 0.333. The number of halogens is 3. The van der Waals surface area contributed by atoms with Crippen LogP contribution in [0.25, 0.3) is 11.0 Å². The summed E-state index contributed by atoms with van der Waals surface area (Å²) in [6.07, 6.45) is -1.83. The molecule has 0 amide bonds. The van der Waals surface area contributed by atoms with Crippen molar-refractivity contribution >= 4 is 28.5 Å². The van der Waals surface area contributed by atoms with E-state index in [0.717, 1.165) is 19.0 Å². The number of hydrogen-bond donors (Lipinski definition) is 3. The highest BCUT2D eigenvalue weighted by Gasteiger charge is 2.40. The van der Waals surface area contributed by atoms with E-state index in [1.54, 1.807) is 12.1 Å². The molecule has 3 N–H and O–H groups in total. The quantitative estimate of drug-likeness (QED) is 0.601. The monoisotopic (exact) mass is 377 g/mol. The first kappa shape index (κ1) is 17.4. The number of nitrogens with zero attached hydrogens (tertiary/aromatic N) is 2. The molecular weight excluding hydrogens is 359 g/mol. The number of para-hydroxylation sites is 2. The Morgan fingerprint density at radius 2 is 1.93 bits per heavy atom. The minimum atomic E-state index is -4.50. The van der Waals surface area contributed by atoms with E-state index in [0.29, 0.717) is 11.4 Å². The number of hydrogen-bond acceptors (Lipinski definition) is 5. The summed E-state index contributed by atoms with van der Waals surface area (Å²) in [7, 11) is 1.53. The van der Waals surface area contributed by atoms with Crippen molar-refractivity contribution in [3.63, 3.8) is 0 Å². The minimum absolute atomic E-state index is 0.0544. The predicted molar refractivity (Wildman–Crippen MR) is 96.4 cm³/mol. The lowest BCUT2D eigenvalue weighted by atomic mass is 10.2. The topological polar surface area (TPSA) is 74.9 Å². The van der Waals surface area contributed by atoms with Crippen LogP contribution >= 0.6 is 0 Å². The van der Waals surface area contributed by atoms with E-state index in [1.807, 2.05) is 19.1 Å². The normalized spacial score (nSPS) is 15.6. The third kappa shape index (κ3) is 3.36. The number of methoxy groups -OCH3 is 1. The van der Waals surface area contributed by atoms with Gasteiger partial charge in [0.1, 0.15) is 17.2 Å². The number of H-pyrrole nitrogens is 1. The third-order valence-electron chi connectivity index (χ3n) is 4.61. The molecule has 6 nitrogen and oxygen atoms in total.